The fourth-order valence-electron chi connectivity index (χ4n) is 3.22. The van der Waals surface area contributed by atoms with Gasteiger partial charge >= 0.3 is 0 Å². The summed E-state index contributed by atoms with van der Waals surface area (Å²) in [5.41, 5.74) is -0.221. The van der Waals surface area contributed by atoms with Crippen LogP contribution in [0.3, 0.4) is 0 Å². The van der Waals surface area contributed by atoms with Gasteiger partial charge in [-0.15, -0.1) is 0 Å². The molecule has 1 rings (SSSR count). The summed E-state index contributed by atoms with van der Waals surface area (Å²) < 4.78 is 0. The minimum atomic E-state index is -0.135. The summed E-state index contributed by atoms with van der Waals surface area (Å²) in [4.78, 5) is 17.3. The van der Waals surface area contributed by atoms with E-state index in [9.17, 15) is 4.79 Å². The molecule has 0 aromatic heterocycles. The van der Waals surface area contributed by atoms with Crippen molar-refractivity contribution in [2.45, 2.75) is 64.6 Å². The number of hydrogen-bond donors (Lipinski definition) is 1. The van der Waals surface area contributed by atoms with E-state index in [4.69, 9.17) is 0 Å². The van der Waals surface area contributed by atoms with Gasteiger partial charge in [-0.3, -0.25) is 9.69 Å². The van der Waals surface area contributed by atoms with E-state index in [-0.39, 0.29) is 23.0 Å². The predicted molar refractivity (Wildman–Crippen MR) is 80.3 cm³/mol. The van der Waals surface area contributed by atoms with E-state index in [2.05, 4.69) is 56.8 Å². The first-order valence-electron chi connectivity index (χ1n) is 7.30. The van der Waals surface area contributed by atoms with Crippen LogP contribution in [0.25, 0.3) is 0 Å². The van der Waals surface area contributed by atoms with E-state index in [1.165, 1.54) is 0 Å². The molecule has 1 aliphatic heterocycles. The van der Waals surface area contributed by atoms with Crippen molar-refractivity contribution in [3.63, 3.8) is 0 Å². The monoisotopic (exact) mass is 269 g/mol. The van der Waals surface area contributed by atoms with Gasteiger partial charge in [0.25, 0.3) is 0 Å². The first kappa shape index (κ1) is 16.4. The molecule has 112 valence electrons. The Kier molecular flexibility index (Phi) is 5.02. The molecule has 19 heavy (non-hydrogen) atoms. The maximum atomic E-state index is 13.0. The van der Waals surface area contributed by atoms with Crippen LogP contribution in [0.2, 0.25) is 0 Å². The van der Waals surface area contributed by atoms with Gasteiger partial charge in [0.1, 0.15) is 0 Å². The molecular weight excluding hydrogens is 238 g/mol. The molecular formula is C15H31N3O. The van der Waals surface area contributed by atoms with E-state index in [0.29, 0.717) is 0 Å². The molecule has 1 unspecified atom stereocenters. The molecule has 1 fully saturated rings. The van der Waals surface area contributed by atoms with Crippen molar-refractivity contribution in [1.29, 1.82) is 0 Å². The third-order valence-electron chi connectivity index (χ3n) is 4.06. The lowest BCUT2D eigenvalue weighted by Gasteiger charge is -2.47. The van der Waals surface area contributed by atoms with E-state index in [0.717, 1.165) is 25.9 Å². The van der Waals surface area contributed by atoms with Crippen molar-refractivity contribution in [1.82, 2.24) is 15.1 Å². The number of nitrogens with one attached hydrogen (secondary N) is 1. The lowest BCUT2D eigenvalue weighted by atomic mass is 9.91. The Morgan fingerprint density at radius 1 is 1.37 bits per heavy atom. The Morgan fingerprint density at radius 3 is 2.42 bits per heavy atom. The molecule has 0 aromatic rings. The summed E-state index contributed by atoms with van der Waals surface area (Å²) in [7, 11) is 4.01. The van der Waals surface area contributed by atoms with Gasteiger partial charge in [0.15, 0.2) is 0 Å². The van der Waals surface area contributed by atoms with Crippen LogP contribution in [-0.2, 0) is 4.79 Å². The van der Waals surface area contributed by atoms with Gasteiger partial charge in [-0.05, 0) is 68.1 Å². The Balaban J connectivity index is 3.07. The number of likely N-dealkylation sites (N-methyl/N-ethyl adjacent to an activating group) is 1. The van der Waals surface area contributed by atoms with Gasteiger partial charge in [0.05, 0.1) is 6.04 Å². The number of carbonyl (C=O) groups is 1. The summed E-state index contributed by atoms with van der Waals surface area (Å²) >= 11 is 0. The molecule has 0 bridgehead atoms. The lowest BCUT2D eigenvalue weighted by molar-refractivity contribution is -0.146. The van der Waals surface area contributed by atoms with Crippen LogP contribution in [0.15, 0.2) is 0 Å². The predicted octanol–water partition coefficient (Wildman–Crippen LogP) is 1.71. The standard InChI is InChI=1S/C15H31N3O/c1-14(2,3)18-13(19)12(8-10-16-6)17(7)11-9-15(18,4)5/h12,16H,8-11H2,1-7H3. The van der Waals surface area contributed by atoms with E-state index < -0.39 is 0 Å². The Morgan fingerprint density at radius 2 is 1.95 bits per heavy atom. The molecule has 1 amide bonds. The Hall–Kier alpha value is -0.610. The summed E-state index contributed by atoms with van der Waals surface area (Å²) in [6.07, 6.45) is 1.89. The SMILES string of the molecule is CNCCC1C(=O)N(C(C)(C)C)C(C)(C)CCN1C. The minimum Gasteiger partial charge on any atom is -0.331 e. The third kappa shape index (κ3) is 3.69. The van der Waals surface area contributed by atoms with E-state index in [1.807, 2.05) is 7.05 Å². The maximum absolute atomic E-state index is 13.0. The summed E-state index contributed by atoms with van der Waals surface area (Å²) in [6.45, 7) is 12.6. The van der Waals surface area contributed by atoms with Crippen LogP contribution in [-0.4, -0.2) is 60.0 Å². The average molecular weight is 269 g/mol. The van der Waals surface area contributed by atoms with Crippen LogP contribution >= 0.6 is 0 Å². The summed E-state index contributed by atoms with van der Waals surface area (Å²) in [6, 6.07) is -0.00606. The summed E-state index contributed by atoms with van der Waals surface area (Å²) in [5, 5.41) is 3.15. The van der Waals surface area contributed by atoms with Crippen molar-refractivity contribution >= 4 is 5.91 Å². The van der Waals surface area contributed by atoms with Crippen molar-refractivity contribution in [3.8, 4) is 0 Å². The van der Waals surface area contributed by atoms with Crippen LogP contribution in [0.1, 0.15) is 47.5 Å². The molecule has 1 heterocycles. The molecule has 1 saturated heterocycles. The first-order valence-corrected chi connectivity index (χ1v) is 7.30. The molecule has 4 heteroatoms. The molecule has 0 aliphatic carbocycles. The lowest BCUT2D eigenvalue weighted by Crippen LogP contribution is -2.59. The molecule has 1 aliphatic rings. The van der Waals surface area contributed by atoms with Gasteiger partial charge in [-0.2, -0.15) is 0 Å². The van der Waals surface area contributed by atoms with Gasteiger partial charge < -0.3 is 10.2 Å². The zero-order valence-corrected chi connectivity index (χ0v) is 13.7. The highest BCUT2D eigenvalue weighted by molar-refractivity contribution is 5.83. The smallest absolute Gasteiger partial charge is 0.240 e. The van der Waals surface area contributed by atoms with Crippen molar-refractivity contribution in [3.05, 3.63) is 0 Å². The van der Waals surface area contributed by atoms with Crippen molar-refractivity contribution in [2.24, 2.45) is 0 Å². The highest BCUT2D eigenvalue weighted by atomic mass is 16.2. The quantitative estimate of drug-likeness (QED) is 0.847. The Bertz CT molecular complexity index is 320. The van der Waals surface area contributed by atoms with Gasteiger partial charge in [0, 0.05) is 17.6 Å². The van der Waals surface area contributed by atoms with Gasteiger partial charge in [-0.25, -0.2) is 0 Å². The normalized spacial score (nSPS) is 25.5. The second-order valence-corrected chi connectivity index (χ2v) is 7.30. The number of nitrogens with zero attached hydrogens (tertiary/aromatic N) is 2. The highest BCUT2D eigenvalue weighted by Gasteiger charge is 2.44. The van der Waals surface area contributed by atoms with Crippen molar-refractivity contribution < 1.29 is 4.79 Å². The number of amides is 1. The fourth-order valence-corrected chi connectivity index (χ4v) is 3.22. The molecule has 0 spiro atoms. The molecule has 1 N–H and O–H groups in total. The Labute approximate surface area is 118 Å². The maximum Gasteiger partial charge on any atom is 0.240 e. The molecule has 0 radical (unpaired) electrons. The molecule has 1 atom stereocenters. The molecule has 0 saturated carbocycles. The topological polar surface area (TPSA) is 35.6 Å². The number of carbonyl (C=O) groups excluding carboxylic acids is 1. The van der Waals surface area contributed by atoms with Crippen LogP contribution < -0.4 is 5.32 Å². The largest absolute Gasteiger partial charge is 0.331 e. The van der Waals surface area contributed by atoms with Gasteiger partial charge in [-0.1, -0.05) is 0 Å². The van der Waals surface area contributed by atoms with E-state index >= 15 is 0 Å². The fraction of sp³-hybridized carbons (Fsp3) is 0.933. The first-order chi connectivity index (χ1) is 8.61. The zero-order valence-electron chi connectivity index (χ0n) is 13.7. The van der Waals surface area contributed by atoms with E-state index in [1.54, 1.807) is 0 Å². The minimum absolute atomic E-state index is 0.00606. The van der Waals surface area contributed by atoms with Crippen LogP contribution in [0, 0.1) is 0 Å². The highest BCUT2D eigenvalue weighted by Crippen LogP contribution is 2.32. The van der Waals surface area contributed by atoms with Crippen LogP contribution in [0.5, 0.6) is 0 Å². The third-order valence-corrected chi connectivity index (χ3v) is 4.06. The van der Waals surface area contributed by atoms with Gasteiger partial charge in [0.2, 0.25) is 5.91 Å². The second-order valence-electron chi connectivity index (χ2n) is 7.30. The molecule has 0 aromatic carbocycles. The average Bonchev–Trinajstić information content (AvgIpc) is 2.32. The zero-order chi connectivity index (χ0) is 14.8. The summed E-state index contributed by atoms with van der Waals surface area (Å²) in [5.74, 6) is 0.271. The molecule has 4 nitrogen and oxygen atoms in total. The number of hydrogen-bond acceptors (Lipinski definition) is 3. The van der Waals surface area contributed by atoms with Crippen molar-refractivity contribution in [2.75, 3.05) is 27.2 Å². The van der Waals surface area contributed by atoms with Crippen LogP contribution in [0.4, 0.5) is 0 Å². The number of rotatable bonds is 3. The second kappa shape index (κ2) is 5.80.